The van der Waals surface area contributed by atoms with Crippen LogP contribution in [0.25, 0.3) is 0 Å². The van der Waals surface area contributed by atoms with Gasteiger partial charge in [-0.25, -0.2) is 0 Å². The molecule has 0 aromatic heterocycles. The van der Waals surface area contributed by atoms with Crippen LogP contribution in [0.2, 0.25) is 0 Å². The molecule has 0 aliphatic carbocycles. The first-order valence-electron chi connectivity index (χ1n) is 6.86. The minimum absolute atomic E-state index is 0.0692. The monoisotopic (exact) mass is 273 g/mol. The summed E-state index contributed by atoms with van der Waals surface area (Å²) in [6.07, 6.45) is 1.13. The number of ketones is 1. The van der Waals surface area contributed by atoms with Crippen molar-refractivity contribution in [1.29, 1.82) is 0 Å². The van der Waals surface area contributed by atoms with Crippen molar-refractivity contribution >= 4 is 11.7 Å². The van der Waals surface area contributed by atoms with Crippen LogP contribution >= 0.6 is 0 Å². The molecule has 0 bridgehead atoms. The van der Waals surface area contributed by atoms with Crippen LogP contribution in [0, 0.1) is 5.92 Å². The average molecular weight is 273 g/mol. The Hall–Kier alpha value is -2.10. The molecule has 1 saturated heterocycles. The zero-order valence-corrected chi connectivity index (χ0v) is 11.7. The van der Waals surface area contributed by atoms with Crippen LogP contribution in [-0.4, -0.2) is 22.8 Å². The number of aliphatic hydroxyl groups excluding tert-OH is 1. The molecule has 1 aliphatic rings. The molecule has 0 spiro atoms. The third kappa shape index (κ3) is 2.74. The quantitative estimate of drug-likeness (QED) is 0.502. The van der Waals surface area contributed by atoms with Gasteiger partial charge in [0.2, 0.25) is 0 Å². The summed E-state index contributed by atoms with van der Waals surface area (Å²) in [6.45, 7) is 3.70. The predicted molar refractivity (Wildman–Crippen MR) is 76.2 cm³/mol. The summed E-state index contributed by atoms with van der Waals surface area (Å²) >= 11 is 0. The number of rotatable bonds is 4. The van der Waals surface area contributed by atoms with E-state index in [1.807, 2.05) is 37.3 Å². The number of hydrogen-bond acceptors (Lipinski definition) is 3. The van der Waals surface area contributed by atoms with Gasteiger partial charge in [0.1, 0.15) is 11.3 Å². The van der Waals surface area contributed by atoms with Gasteiger partial charge in [-0.15, -0.1) is 0 Å². The van der Waals surface area contributed by atoms with Crippen LogP contribution in [0.3, 0.4) is 0 Å². The van der Waals surface area contributed by atoms with Crippen molar-refractivity contribution in [3.05, 3.63) is 47.2 Å². The lowest BCUT2D eigenvalue weighted by molar-refractivity contribution is -0.117. The largest absolute Gasteiger partial charge is 0.511 e. The summed E-state index contributed by atoms with van der Waals surface area (Å²) in [6, 6.07) is 8.93. The number of allylic oxidation sites excluding steroid dienone is 1. The summed E-state index contributed by atoms with van der Waals surface area (Å²) in [5.41, 5.74) is 0.913. The van der Waals surface area contributed by atoms with E-state index < -0.39 is 11.9 Å². The molecular weight excluding hydrogens is 254 g/mol. The highest BCUT2D eigenvalue weighted by Crippen LogP contribution is 2.22. The van der Waals surface area contributed by atoms with E-state index in [2.05, 4.69) is 5.32 Å². The van der Waals surface area contributed by atoms with Crippen LogP contribution in [0.15, 0.2) is 41.7 Å². The molecule has 20 heavy (non-hydrogen) atoms. The molecule has 0 saturated carbocycles. The fraction of sp³-hybridized carbons (Fsp3) is 0.375. The Balaban J connectivity index is 2.21. The minimum Gasteiger partial charge on any atom is -0.511 e. The molecule has 106 valence electrons. The molecule has 2 rings (SSSR count). The maximum atomic E-state index is 12.3. The Morgan fingerprint density at radius 1 is 1.30 bits per heavy atom. The Labute approximate surface area is 118 Å². The molecule has 1 aromatic rings. The van der Waals surface area contributed by atoms with Crippen molar-refractivity contribution in [3.63, 3.8) is 0 Å². The fourth-order valence-corrected chi connectivity index (χ4v) is 2.26. The molecule has 1 fully saturated rings. The van der Waals surface area contributed by atoms with Crippen LogP contribution < -0.4 is 5.32 Å². The topological polar surface area (TPSA) is 66.4 Å². The second-order valence-electron chi connectivity index (χ2n) is 5.15. The third-order valence-corrected chi connectivity index (χ3v) is 3.71. The van der Waals surface area contributed by atoms with E-state index in [1.54, 1.807) is 6.92 Å². The summed E-state index contributed by atoms with van der Waals surface area (Å²) in [7, 11) is 0. The Morgan fingerprint density at radius 3 is 2.55 bits per heavy atom. The molecule has 1 heterocycles. The van der Waals surface area contributed by atoms with Gasteiger partial charge in [-0.3, -0.25) is 9.59 Å². The van der Waals surface area contributed by atoms with Crippen LogP contribution in [0.5, 0.6) is 0 Å². The number of carbonyl (C=O) groups excluding carboxylic acids is 2. The second-order valence-corrected chi connectivity index (χ2v) is 5.15. The SMILES string of the molecule is CCC(C)/C(O)=C1/C(=O)N[C@@H](Cc2ccccc2)C1=O. The number of Topliss-reactive ketones (excluding diaryl/α,β-unsaturated/α-hetero) is 1. The third-order valence-electron chi connectivity index (χ3n) is 3.71. The molecule has 1 aromatic carbocycles. The van der Waals surface area contributed by atoms with Crippen LogP contribution in [-0.2, 0) is 16.0 Å². The molecule has 1 amide bonds. The van der Waals surface area contributed by atoms with E-state index >= 15 is 0 Å². The lowest BCUT2D eigenvalue weighted by atomic mass is 9.97. The van der Waals surface area contributed by atoms with Gasteiger partial charge in [-0.1, -0.05) is 44.2 Å². The first kappa shape index (κ1) is 14.3. The normalized spacial score (nSPS) is 22.6. The highest BCUT2D eigenvalue weighted by molar-refractivity contribution is 6.26. The molecule has 2 atom stereocenters. The highest BCUT2D eigenvalue weighted by atomic mass is 16.3. The number of benzene rings is 1. The van der Waals surface area contributed by atoms with E-state index in [4.69, 9.17) is 0 Å². The number of amides is 1. The average Bonchev–Trinajstić information content (AvgIpc) is 2.73. The lowest BCUT2D eigenvalue weighted by Gasteiger charge is -2.09. The molecular formula is C16H19NO3. The van der Waals surface area contributed by atoms with Gasteiger partial charge in [0.15, 0.2) is 5.78 Å². The molecule has 2 N–H and O–H groups in total. The fourth-order valence-electron chi connectivity index (χ4n) is 2.26. The van der Waals surface area contributed by atoms with Crippen molar-refractivity contribution in [2.45, 2.75) is 32.7 Å². The van der Waals surface area contributed by atoms with Gasteiger partial charge in [0.25, 0.3) is 5.91 Å². The maximum Gasteiger partial charge on any atom is 0.259 e. The van der Waals surface area contributed by atoms with Crippen molar-refractivity contribution in [2.75, 3.05) is 0 Å². The molecule has 0 radical (unpaired) electrons. The molecule has 4 heteroatoms. The van der Waals surface area contributed by atoms with Crippen LogP contribution in [0.4, 0.5) is 0 Å². The first-order chi connectivity index (χ1) is 9.54. The van der Waals surface area contributed by atoms with Gasteiger partial charge in [0.05, 0.1) is 6.04 Å². The number of hydrogen-bond donors (Lipinski definition) is 2. The summed E-state index contributed by atoms with van der Waals surface area (Å²) in [5.74, 6) is -1.05. The zero-order chi connectivity index (χ0) is 14.7. The smallest absolute Gasteiger partial charge is 0.259 e. The van der Waals surface area contributed by atoms with E-state index in [0.29, 0.717) is 12.8 Å². The summed E-state index contributed by atoms with van der Waals surface area (Å²) in [4.78, 5) is 24.2. The van der Waals surface area contributed by atoms with Crippen molar-refractivity contribution in [3.8, 4) is 0 Å². The van der Waals surface area contributed by atoms with Crippen molar-refractivity contribution in [1.82, 2.24) is 5.32 Å². The van der Waals surface area contributed by atoms with Gasteiger partial charge in [-0.05, 0) is 12.0 Å². The van der Waals surface area contributed by atoms with E-state index in [1.165, 1.54) is 0 Å². The number of nitrogens with one attached hydrogen (secondary N) is 1. The van der Waals surface area contributed by atoms with Gasteiger partial charge in [-0.2, -0.15) is 0 Å². The summed E-state index contributed by atoms with van der Waals surface area (Å²) in [5, 5.41) is 12.7. The van der Waals surface area contributed by atoms with Crippen molar-refractivity contribution < 1.29 is 14.7 Å². The number of aliphatic hydroxyl groups is 1. The predicted octanol–water partition coefficient (Wildman–Crippen LogP) is 2.15. The lowest BCUT2D eigenvalue weighted by Crippen LogP contribution is -2.31. The minimum atomic E-state index is -0.578. The summed E-state index contributed by atoms with van der Waals surface area (Å²) < 4.78 is 0. The Morgan fingerprint density at radius 2 is 1.95 bits per heavy atom. The second kappa shape index (κ2) is 5.90. The van der Waals surface area contributed by atoms with Gasteiger partial charge in [0, 0.05) is 12.3 Å². The van der Waals surface area contributed by atoms with Crippen LogP contribution in [0.1, 0.15) is 25.8 Å². The van der Waals surface area contributed by atoms with E-state index in [-0.39, 0.29) is 23.0 Å². The molecule has 1 unspecified atom stereocenters. The molecule has 1 aliphatic heterocycles. The Kier molecular flexibility index (Phi) is 4.23. The first-order valence-corrected chi connectivity index (χ1v) is 6.86. The highest BCUT2D eigenvalue weighted by Gasteiger charge is 2.38. The zero-order valence-electron chi connectivity index (χ0n) is 11.7. The number of carbonyl (C=O) groups is 2. The van der Waals surface area contributed by atoms with Crippen molar-refractivity contribution in [2.24, 2.45) is 5.92 Å². The van der Waals surface area contributed by atoms with Gasteiger partial charge >= 0.3 is 0 Å². The van der Waals surface area contributed by atoms with E-state index in [9.17, 15) is 14.7 Å². The standard InChI is InChI=1S/C16H19NO3/c1-3-10(2)14(18)13-15(19)12(17-16(13)20)9-11-7-5-4-6-8-11/h4-8,10,12,18H,3,9H2,1-2H3,(H,17,20)/b14-13-/t10?,12-/m0/s1. The van der Waals surface area contributed by atoms with Gasteiger partial charge < -0.3 is 10.4 Å². The van der Waals surface area contributed by atoms with E-state index in [0.717, 1.165) is 5.56 Å². The Bertz CT molecular complexity index is 548. The molecule has 4 nitrogen and oxygen atoms in total. The maximum absolute atomic E-state index is 12.3.